The van der Waals surface area contributed by atoms with Gasteiger partial charge in [-0.2, -0.15) is 0 Å². The number of alkyl carbamates (subject to hydrolysis) is 1. The van der Waals surface area contributed by atoms with Crippen LogP contribution in [-0.2, 0) is 4.74 Å². The summed E-state index contributed by atoms with van der Waals surface area (Å²) in [7, 11) is 0. The number of nitrogens with one attached hydrogen (secondary N) is 2. The molecule has 0 radical (unpaired) electrons. The van der Waals surface area contributed by atoms with Crippen LogP contribution in [0.5, 0.6) is 0 Å². The van der Waals surface area contributed by atoms with Gasteiger partial charge < -0.3 is 15.4 Å². The fourth-order valence-electron chi connectivity index (χ4n) is 2.59. The molecule has 0 aromatic carbocycles. The summed E-state index contributed by atoms with van der Waals surface area (Å²) in [6.07, 6.45) is 0.330. The van der Waals surface area contributed by atoms with Crippen LogP contribution in [0.2, 0.25) is 0 Å². The minimum atomic E-state index is -1.13. The summed E-state index contributed by atoms with van der Waals surface area (Å²) in [4.78, 5) is 11.6. The Kier molecular flexibility index (Phi) is 2.42. The Morgan fingerprint density at radius 2 is 2.00 bits per heavy atom. The van der Waals surface area contributed by atoms with E-state index in [2.05, 4.69) is 10.6 Å². The number of ether oxygens (including phenoxy) is 1. The van der Waals surface area contributed by atoms with Crippen LogP contribution in [0.3, 0.4) is 0 Å². The summed E-state index contributed by atoms with van der Waals surface area (Å²) in [5, 5.41) is 5.77. The van der Waals surface area contributed by atoms with Gasteiger partial charge in [0.25, 0.3) is 0 Å². The van der Waals surface area contributed by atoms with Crippen molar-refractivity contribution in [1.82, 2.24) is 10.6 Å². The molecule has 5 heteroatoms. The van der Waals surface area contributed by atoms with Crippen molar-refractivity contribution in [2.24, 2.45) is 0 Å². The number of rotatable bonds is 1. The van der Waals surface area contributed by atoms with E-state index in [1.54, 1.807) is 0 Å². The van der Waals surface area contributed by atoms with Gasteiger partial charge in [0.05, 0.1) is 5.54 Å². The van der Waals surface area contributed by atoms with Gasteiger partial charge in [0.15, 0.2) is 0 Å². The SMILES string of the molecule is CC(C)(C)OC(=O)NC12CNCC(F)(C1)C2. The lowest BCUT2D eigenvalue weighted by Crippen LogP contribution is -2.74. The smallest absolute Gasteiger partial charge is 0.408 e. The number of hydrogen-bond donors (Lipinski definition) is 2. The molecule has 3 aliphatic rings. The molecular weight excluding hydrogens is 211 g/mol. The second-order valence-corrected chi connectivity index (χ2v) is 6.02. The number of piperidine rings is 2. The van der Waals surface area contributed by atoms with Crippen LogP contribution in [0, 0.1) is 0 Å². The van der Waals surface area contributed by atoms with E-state index in [1.807, 2.05) is 20.8 Å². The maximum atomic E-state index is 13.7. The fraction of sp³-hybridized carbons (Fsp3) is 0.909. The largest absolute Gasteiger partial charge is 0.444 e. The van der Waals surface area contributed by atoms with E-state index >= 15 is 0 Å². The monoisotopic (exact) mass is 230 g/mol. The van der Waals surface area contributed by atoms with Gasteiger partial charge in [0, 0.05) is 25.9 Å². The van der Waals surface area contributed by atoms with Crippen LogP contribution in [0.1, 0.15) is 33.6 Å². The van der Waals surface area contributed by atoms with Gasteiger partial charge in [0.2, 0.25) is 0 Å². The fourth-order valence-corrected chi connectivity index (χ4v) is 2.59. The van der Waals surface area contributed by atoms with Crippen LogP contribution in [0.15, 0.2) is 0 Å². The Bertz CT molecular complexity index is 306. The third-order valence-electron chi connectivity index (χ3n) is 2.98. The molecule has 4 nitrogen and oxygen atoms in total. The molecule has 0 atom stereocenters. The van der Waals surface area contributed by atoms with Gasteiger partial charge in [-0.15, -0.1) is 0 Å². The van der Waals surface area contributed by atoms with Gasteiger partial charge in [-0.3, -0.25) is 0 Å². The van der Waals surface area contributed by atoms with E-state index in [0.29, 0.717) is 25.9 Å². The van der Waals surface area contributed by atoms with Gasteiger partial charge in [0.1, 0.15) is 11.3 Å². The topological polar surface area (TPSA) is 50.4 Å². The number of carbonyl (C=O) groups excluding carboxylic acids is 1. The van der Waals surface area contributed by atoms with Crippen molar-refractivity contribution in [2.45, 2.75) is 50.4 Å². The number of carbonyl (C=O) groups is 1. The van der Waals surface area contributed by atoms with Gasteiger partial charge in [-0.1, -0.05) is 0 Å². The molecule has 0 aromatic heterocycles. The highest BCUT2D eigenvalue weighted by Crippen LogP contribution is 2.46. The number of amides is 1. The summed E-state index contributed by atoms with van der Waals surface area (Å²) in [6.45, 7) is 6.44. The Labute approximate surface area is 94.9 Å². The van der Waals surface area contributed by atoms with Crippen molar-refractivity contribution in [3.05, 3.63) is 0 Å². The van der Waals surface area contributed by atoms with Crippen LogP contribution in [0.25, 0.3) is 0 Å². The highest BCUT2D eigenvalue weighted by Gasteiger charge is 2.59. The van der Waals surface area contributed by atoms with E-state index in [1.165, 1.54) is 0 Å². The lowest BCUT2D eigenvalue weighted by molar-refractivity contribution is -0.0638. The van der Waals surface area contributed by atoms with E-state index in [4.69, 9.17) is 4.74 Å². The quantitative estimate of drug-likeness (QED) is 0.715. The molecule has 1 saturated carbocycles. The van der Waals surface area contributed by atoms with E-state index in [9.17, 15) is 9.18 Å². The minimum Gasteiger partial charge on any atom is -0.444 e. The molecule has 1 amide bonds. The molecule has 92 valence electrons. The zero-order chi connectivity index (χ0) is 12.0. The second-order valence-electron chi connectivity index (χ2n) is 6.02. The Morgan fingerprint density at radius 1 is 1.38 bits per heavy atom. The average molecular weight is 230 g/mol. The summed E-state index contributed by atoms with van der Waals surface area (Å²) in [5.41, 5.74) is -2.08. The zero-order valence-corrected chi connectivity index (χ0v) is 10.0. The zero-order valence-electron chi connectivity index (χ0n) is 10.0. The molecule has 2 saturated heterocycles. The van der Waals surface area contributed by atoms with E-state index in [-0.39, 0.29) is 0 Å². The lowest BCUT2D eigenvalue weighted by atomic mass is 9.63. The van der Waals surface area contributed by atoms with Crippen molar-refractivity contribution in [3.63, 3.8) is 0 Å². The van der Waals surface area contributed by atoms with Crippen LogP contribution < -0.4 is 10.6 Å². The maximum Gasteiger partial charge on any atom is 0.408 e. The highest BCUT2D eigenvalue weighted by atomic mass is 19.1. The number of halogens is 1. The normalized spacial score (nSPS) is 37.5. The molecule has 2 aliphatic heterocycles. The maximum absolute atomic E-state index is 13.7. The summed E-state index contributed by atoms with van der Waals surface area (Å²) in [6, 6.07) is 0. The first-order chi connectivity index (χ1) is 7.22. The summed E-state index contributed by atoms with van der Waals surface area (Å²) >= 11 is 0. The standard InChI is InChI=1S/C11H19FN2O2/c1-9(2,3)16-8(15)14-11-4-10(12,5-11)6-13-7-11/h13H,4-7H2,1-3H3,(H,14,15). The van der Waals surface area contributed by atoms with Crippen LogP contribution in [0.4, 0.5) is 9.18 Å². The predicted molar refractivity (Wildman–Crippen MR) is 58.0 cm³/mol. The molecule has 3 rings (SSSR count). The van der Waals surface area contributed by atoms with E-state index < -0.39 is 22.9 Å². The van der Waals surface area contributed by atoms with Gasteiger partial charge >= 0.3 is 6.09 Å². The Hall–Kier alpha value is -0.840. The third-order valence-corrected chi connectivity index (χ3v) is 2.98. The molecule has 0 unspecified atom stereocenters. The summed E-state index contributed by atoms with van der Waals surface area (Å²) in [5.74, 6) is 0. The van der Waals surface area contributed by atoms with Crippen LogP contribution >= 0.6 is 0 Å². The van der Waals surface area contributed by atoms with Crippen LogP contribution in [-0.4, -0.2) is 36.0 Å². The second kappa shape index (κ2) is 3.32. The molecule has 16 heavy (non-hydrogen) atoms. The highest BCUT2D eigenvalue weighted by molar-refractivity contribution is 5.69. The lowest BCUT2D eigenvalue weighted by Gasteiger charge is -2.56. The molecule has 0 aromatic rings. The molecule has 3 fully saturated rings. The molecule has 2 heterocycles. The first-order valence-electron chi connectivity index (χ1n) is 5.63. The Morgan fingerprint density at radius 3 is 2.50 bits per heavy atom. The third kappa shape index (κ3) is 2.29. The number of hydrogen-bond acceptors (Lipinski definition) is 3. The molecule has 2 N–H and O–H groups in total. The van der Waals surface area contributed by atoms with E-state index in [0.717, 1.165) is 0 Å². The Balaban J connectivity index is 1.89. The first-order valence-corrected chi connectivity index (χ1v) is 5.63. The average Bonchev–Trinajstić information content (AvgIpc) is 1.95. The number of alkyl halides is 1. The van der Waals surface area contributed by atoms with Crippen molar-refractivity contribution in [3.8, 4) is 0 Å². The van der Waals surface area contributed by atoms with Gasteiger partial charge in [-0.25, -0.2) is 9.18 Å². The summed E-state index contributed by atoms with van der Waals surface area (Å²) < 4.78 is 18.9. The molecule has 2 bridgehead atoms. The minimum absolute atomic E-state index is 0.394. The molecule has 0 spiro atoms. The molecular formula is C11H19FN2O2. The van der Waals surface area contributed by atoms with Crippen molar-refractivity contribution < 1.29 is 13.9 Å². The number of fused-ring (bicyclic) bond motifs is 2. The van der Waals surface area contributed by atoms with Crippen molar-refractivity contribution in [1.29, 1.82) is 0 Å². The predicted octanol–water partition coefficient (Wildman–Crippen LogP) is 1.36. The molecule has 1 aliphatic carbocycles. The first kappa shape index (κ1) is 11.6. The van der Waals surface area contributed by atoms with Crippen molar-refractivity contribution in [2.75, 3.05) is 13.1 Å². The van der Waals surface area contributed by atoms with Crippen molar-refractivity contribution >= 4 is 6.09 Å². The van der Waals surface area contributed by atoms with Gasteiger partial charge in [-0.05, 0) is 20.8 Å².